The molecule has 138 valence electrons. The SMILES string of the molecule is COc1ccccc1C(C)CC(=O)NC(CC(=O)O)c1ccccc1C. The summed E-state index contributed by atoms with van der Waals surface area (Å²) >= 11 is 0. The number of carboxylic acids is 1. The molecule has 0 aromatic heterocycles. The van der Waals surface area contributed by atoms with Crippen molar-refractivity contribution in [3.05, 3.63) is 65.2 Å². The van der Waals surface area contributed by atoms with Gasteiger partial charge >= 0.3 is 5.97 Å². The molecule has 0 aliphatic carbocycles. The molecule has 0 bridgehead atoms. The predicted molar refractivity (Wildman–Crippen MR) is 100 cm³/mol. The van der Waals surface area contributed by atoms with E-state index in [2.05, 4.69) is 5.32 Å². The van der Waals surface area contributed by atoms with Crippen LogP contribution in [0.25, 0.3) is 0 Å². The summed E-state index contributed by atoms with van der Waals surface area (Å²) in [5.74, 6) is -0.434. The van der Waals surface area contributed by atoms with Gasteiger partial charge in [0.05, 0.1) is 19.6 Å². The first kappa shape index (κ1) is 19.5. The molecule has 26 heavy (non-hydrogen) atoms. The molecule has 0 aliphatic heterocycles. The number of carboxylic acid groups (broad SMARTS) is 1. The van der Waals surface area contributed by atoms with Gasteiger partial charge < -0.3 is 15.2 Å². The molecule has 2 aromatic carbocycles. The maximum atomic E-state index is 12.6. The largest absolute Gasteiger partial charge is 0.496 e. The first-order valence-corrected chi connectivity index (χ1v) is 8.62. The lowest BCUT2D eigenvalue weighted by molar-refractivity contribution is -0.137. The highest BCUT2D eigenvalue weighted by Crippen LogP contribution is 2.29. The van der Waals surface area contributed by atoms with Crippen LogP contribution in [0.4, 0.5) is 0 Å². The molecule has 2 aromatic rings. The number of rotatable bonds is 8. The lowest BCUT2D eigenvalue weighted by atomic mass is 9.95. The number of para-hydroxylation sites is 1. The van der Waals surface area contributed by atoms with Crippen molar-refractivity contribution in [3.8, 4) is 5.75 Å². The van der Waals surface area contributed by atoms with E-state index >= 15 is 0 Å². The maximum Gasteiger partial charge on any atom is 0.305 e. The highest BCUT2D eigenvalue weighted by Gasteiger charge is 2.21. The van der Waals surface area contributed by atoms with Gasteiger partial charge in [-0.05, 0) is 35.6 Å². The number of methoxy groups -OCH3 is 1. The second-order valence-corrected chi connectivity index (χ2v) is 6.42. The number of benzene rings is 2. The monoisotopic (exact) mass is 355 g/mol. The van der Waals surface area contributed by atoms with Gasteiger partial charge in [0.2, 0.25) is 5.91 Å². The number of carbonyl (C=O) groups excluding carboxylic acids is 1. The van der Waals surface area contributed by atoms with Crippen LogP contribution in [0.3, 0.4) is 0 Å². The van der Waals surface area contributed by atoms with Gasteiger partial charge in [-0.3, -0.25) is 9.59 Å². The highest BCUT2D eigenvalue weighted by atomic mass is 16.5. The van der Waals surface area contributed by atoms with Crippen LogP contribution >= 0.6 is 0 Å². The van der Waals surface area contributed by atoms with Crippen LogP contribution in [0.5, 0.6) is 5.75 Å². The number of aliphatic carboxylic acids is 1. The van der Waals surface area contributed by atoms with Crippen LogP contribution < -0.4 is 10.1 Å². The minimum absolute atomic E-state index is 0.0477. The van der Waals surface area contributed by atoms with Crippen LogP contribution in [-0.4, -0.2) is 24.1 Å². The fraction of sp³-hybridized carbons (Fsp3) is 0.333. The number of hydrogen-bond acceptors (Lipinski definition) is 3. The summed E-state index contributed by atoms with van der Waals surface area (Å²) in [6.45, 7) is 3.87. The number of ether oxygens (including phenoxy) is 1. The fourth-order valence-corrected chi connectivity index (χ4v) is 3.11. The van der Waals surface area contributed by atoms with Crippen molar-refractivity contribution in [1.29, 1.82) is 0 Å². The van der Waals surface area contributed by atoms with Crippen LogP contribution in [0, 0.1) is 6.92 Å². The summed E-state index contributed by atoms with van der Waals surface area (Å²) in [7, 11) is 1.60. The first-order chi connectivity index (χ1) is 12.4. The summed E-state index contributed by atoms with van der Waals surface area (Å²) < 4.78 is 5.36. The lowest BCUT2D eigenvalue weighted by Crippen LogP contribution is -2.31. The van der Waals surface area contributed by atoms with Gasteiger partial charge in [-0.1, -0.05) is 49.4 Å². The molecule has 2 unspecified atom stereocenters. The van der Waals surface area contributed by atoms with Crippen molar-refractivity contribution in [1.82, 2.24) is 5.32 Å². The molecule has 0 spiro atoms. The van der Waals surface area contributed by atoms with Crippen LogP contribution in [0.15, 0.2) is 48.5 Å². The van der Waals surface area contributed by atoms with Crippen molar-refractivity contribution in [2.45, 2.75) is 38.6 Å². The molecule has 1 amide bonds. The standard InChI is InChI=1S/C21H25NO4/c1-14-8-4-5-9-16(14)18(13-21(24)25)22-20(23)12-15(2)17-10-6-7-11-19(17)26-3/h4-11,15,18H,12-13H2,1-3H3,(H,22,23)(H,24,25). The van der Waals surface area contributed by atoms with E-state index in [1.807, 2.05) is 62.4 Å². The normalized spacial score (nSPS) is 12.9. The van der Waals surface area contributed by atoms with Gasteiger partial charge in [0.1, 0.15) is 5.75 Å². The van der Waals surface area contributed by atoms with Crippen LogP contribution in [-0.2, 0) is 9.59 Å². The van der Waals surface area contributed by atoms with E-state index in [0.717, 1.165) is 22.4 Å². The third-order valence-corrected chi connectivity index (χ3v) is 4.44. The minimum atomic E-state index is -0.948. The lowest BCUT2D eigenvalue weighted by Gasteiger charge is -2.21. The van der Waals surface area contributed by atoms with E-state index in [-0.39, 0.29) is 24.7 Å². The fourth-order valence-electron chi connectivity index (χ4n) is 3.11. The molecule has 2 rings (SSSR count). The van der Waals surface area contributed by atoms with Gasteiger partial charge in [0.15, 0.2) is 0 Å². The molecule has 5 heteroatoms. The maximum absolute atomic E-state index is 12.6. The molecule has 0 radical (unpaired) electrons. The topological polar surface area (TPSA) is 75.6 Å². The number of nitrogens with one attached hydrogen (secondary N) is 1. The van der Waals surface area contributed by atoms with Crippen molar-refractivity contribution < 1.29 is 19.4 Å². The Labute approximate surface area is 154 Å². The molecule has 0 saturated carbocycles. The molecule has 0 aliphatic rings. The second kappa shape index (κ2) is 9.04. The zero-order valence-electron chi connectivity index (χ0n) is 15.4. The average molecular weight is 355 g/mol. The molecule has 0 saturated heterocycles. The van der Waals surface area contributed by atoms with Crippen molar-refractivity contribution >= 4 is 11.9 Å². The smallest absolute Gasteiger partial charge is 0.305 e. The Morgan fingerprint density at radius 3 is 2.27 bits per heavy atom. The number of aryl methyl sites for hydroxylation is 1. The zero-order valence-corrected chi connectivity index (χ0v) is 15.4. The Morgan fingerprint density at radius 1 is 1.04 bits per heavy atom. The number of hydrogen-bond donors (Lipinski definition) is 2. The average Bonchev–Trinajstić information content (AvgIpc) is 2.61. The Hall–Kier alpha value is -2.82. The first-order valence-electron chi connectivity index (χ1n) is 8.62. The van der Waals surface area contributed by atoms with Crippen molar-refractivity contribution in [3.63, 3.8) is 0 Å². The molecule has 2 N–H and O–H groups in total. The van der Waals surface area contributed by atoms with E-state index in [0.29, 0.717) is 0 Å². The molecule has 0 fully saturated rings. The van der Waals surface area contributed by atoms with E-state index in [4.69, 9.17) is 4.74 Å². The van der Waals surface area contributed by atoms with Crippen molar-refractivity contribution in [2.75, 3.05) is 7.11 Å². The van der Waals surface area contributed by atoms with E-state index < -0.39 is 12.0 Å². The molecule has 2 atom stereocenters. The van der Waals surface area contributed by atoms with Crippen LogP contribution in [0.1, 0.15) is 48.4 Å². The quantitative estimate of drug-likeness (QED) is 0.754. The molecule has 5 nitrogen and oxygen atoms in total. The van der Waals surface area contributed by atoms with Crippen molar-refractivity contribution in [2.24, 2.45) is 0 Å². The van der Waals surface area contributed by atoms with Gasteiger partial charge in [-0.25, -0.2) is 0 Å². The summed E-state index contributed by atoms with van der Waals surface area (Å²) in [5, 5.41) is 12.1. The van der Waals surface area contributed by atoms with Gasteiger partial charge in [0.25, 0.3) is 0 Å². The molecular weight excluding hydrogens is 330 g/mol. The Morgan fingerprint density at radius 2 is 1.65 bits per heavy atom. The number of amides is 1. The van der Waals surface area contributed by atoms with E-state index in [1.54, 1.807) is 7.11 Å². The Kier molecular flexibility index (Phi) is 6.78. The second-order valence-electron chi connectivity index (χ2n) is 6.42. The Bertz CT molecular complexity index is 772. The van der Waals surface area contributed by atoms with Gasteiger partial charge in [-0.2, -0.15) is 0 Å². The van der Waals surface area contributed by atoms with Gasteiger partial charge in [0, 0.05) is 6.42 Å². The number of carbonyl (C=O) groups is 2. The minimum Gasteiger partial charge on any atom is -0.496 e. The van der Waals surface area contributed by atoms with Crippen LogP contribution in [0.2, 0.25) is 0 Å². The van der Waals surface area contributed by atoms with Gasteiger partial charge in [-0.15, -0.1) is 0 Å². The van der Waals surface area contributed by atoms with E-state index in [1.165, 1.54) is 0 Å². The third kappa shape index (κ3) is 5.09. The third-order valence-electron chi connectivity index (χ3n) is 4.44. The Balaban J connectivity index is 2.12. The molecule has 0 heterocycles. The zero-order chi connectivity index (χ0) is 19.1. The summed E-state index contributed by atoms with van der Waals surface area (Å²) in [6, 6.07) is 14.6. The summed E-state index contributed by atoms with van der Waals surface area (Å²) in [6.07, 6.45) is 0.0992. The highest BCUT2D eigenvalue weighted by molar-refractivity contribution is 5.78. The summed E-state index contributed by atoms with van der Waals surface area (Å²) in [5.41, 5.74) is 2.74. The van der Waals surface area contributed by atoms with E-state index in [9.17, 15) is 14.7 Å². The summed E-state index contributed by atoms with van der Waals surface area (Å²) in [4.78, 5) is 23.8. The molecular formula is C21H25NO4. The predicted octanol–water partition coefficient (Wildman–Crippen LogP) is 3.83.